The first kappa shape index (κ1) is 25.2. The SMILES string of the molecule is CCCCCCCCCCCCCC(=O)NC(CCCNC(N)=O)C(=O)O. The molecular weight excluding hydrogens is 346 g/mol. The topological polar surface area (TPSA) is 122 Å². The fourth-order valence-electron chi connectivity index (χ4n) is 2.99. The standard InChI is InChI=1S/C20H39N3O4/c1-2-3-4-5-6-7-8-9-10-11-12-15-18(24)23-17(19(25)26)14-13-16-22-20(21)27/h17H,2-16H2,1H3,(H,23,24)(H,25,26)(H3,21,22,27). The third-order valence-electron chi connectivity index (χ3n) is 4.61. The highest BCUT2D eigenvalue weighted by molar-refractivity contribution is 5.83. The summed E-state index contributed by atoms with van der Waals surface area (Å²) in [4.78, 5) is 33.7. The first-order valence-corrected chi connectivity index (χ1v) is 10.5. The van der Waals surface area contributed by atoms with Gasteiger partial charge in [-0.25, -0.2) is 9.59 Å². The highest BCUT2D eigenvalue weighted by Crippen LogP contribution is 2.12. The van der Waals surface area contributed by atoms with Crippen LogP contribution >= 0.6 is 0 Å². The molecule has 0 radical (unpaired) electrons. The van der Waals surface area contributed by atoms with E-state index in [0.29, 0.717) is 19.4 Å². The van der Waals surface area contributed by atoms with Gasteiger partial charge in [0.05, 0.1) is 0 Å². The maximum atomic E-state index is 11.9. The number of rotatable bonds is 18. The molecule has 0 aromatic carbocycles. The van der Waals surface area contributed by atoms with Gasteiger partial charge >= 0.3 is 12.0 Å². The Morgan fingerprint density at radius 2 is 1.37 bits per heavy atom. The second-order valence-electron chi connectivity index (χ2n) is 7.18. The number of carbonyl (C=O) groups is 3. The van der Waals surface area contributed by atoms with Crippen molar-refractivity contribution in [2.75, 3.05) is 6.54 Å². The molecule has 0 heterocycles. The van der Waals surface area contributed by atoms with Gasteiger partial charge in [-0.05, 0) is 19.3 Å². The summed E-state index contributed by atoms with van der Waals surface area (Å²) in [6.07, 6.45) is 14.4. The summed E-state index contributed by atoms with van der Waals surface area (Å²) in [6.45, 7) is 2.53. The number of carboxylic acids is 1. The number of nitrogens with two attached hydrogens (primary N) is 1. The summed E-state index contributed by atoms with van der Waals surface area (Å²) in [7, 11) is 0. The Balaban J connectivity index is 3.63. The van der Waals surface area contributed by atoms with Crippen LogP contribution in [0.5, 0.6) is 0 Å². The predicted molar refractivity (Wildman–Crippen MR) is 107 cm³/mol. The Bertz CT molecular complexity index is 416. The van der Waals surface area contributed by atoms with Gasteiger partial charge < -0.3 is 21.5 Å². The maximum absolute atomic E-state index is 11.9. The van der Waals surface area contributed by atoms with E-state index in [9.17, 15) is 14.4 Å². The third kappa shape index (κ3) is 17.4. The Hall–Kier alpha value is -1.79. The lowest BCUT2D eigenvalue weighted by Crippen LogP contribution is -2.41. The van der Waals surface area contributed by atoms with Gasteiger partial charge in [-0.3, -0.25) is 4.79 Å². The largest absolute Gasteiger partial charge is 0.480 e. The Morgan fingerprint density at radius 1 is 0.852 bits per heavy atom. The number of hydrogen-bond acceptors (Lipinski definition) is 3. The van der Waals surface area contributed by atoms with E-state index < -0.39 is 18.0 Å². The predicted octanol–water partition coefficient (Wildman–Crippen LogP) is 3.71. The fourth-order valence-corrected chi connectivity index (χ4v) is 2.99. The monoisotopic (exact) mass is 385 g/mol. The van der Waals surface area contributed by atoms with E-state index in [1.165, 1.54) is 51.4 Å². The number of urea groups is 1. The minimum absolute atomic E-state index is 0.221. The van der Waals surface area contributed by atoms with Crippen LogP contribution in [0.3, 0.4) is 0 Å². The minimum Gasteiger partial charge on any atom is -0.480 e. The first-order valence-electron chi connectivity index (χ1n) is 10.5. The number of nitrogens with one attached hydrogen (secondary N) is 2. The molecule has 0 bridgehead atoms. The van der Waals surface area contributed by atoms with Crippen LogP contribution in [0.4, 0.5) is 4.79 Å². The van der Waals surface area contributed by atoms with E-state index >= 15 is 0 Å². The quantitative estimate of drug-likeness (QED) is 0.269. The van der Waals surface area contributed by atoms with E-state index in [1.54, 1.807) is 0 Å². The maximum Gasteiger partial charge on any atom is 0.326 e. The number of amides is 3. The molecule has 7 nitrogen and oxygen atoms in total. The van der Waals surface area contributed by atoms with Crippen LogP contribution in [0.25, 0.3) is 0 Å². The van der Waals surface area contributed by atoms with Crippen LogP contribution in [-0.4, -0.2) is 35.6 Å². The second kappa shape index (κ2) is 17.6. The molecule has 0 aromatic rings. The molecule has 1 unspecified atom stereocenters. The Morgan fingerprint density at radius 3 is 1.85 bits per heavy atom. The zero-order valence-corrected chi connectivity index (χ0v) is 16.9. The first-order chi connectivity index (χ1) is 13.0. The molecule has 0 fully saturated rings. The highest BCUT2D eigenvalue weighted by Gasteiger charge is 2.19. The number of aliphatic carboxylic acids is 1. The zero-order chi connectivity index (χ0) is 20.3. The molecule has 0 saturated carbocycles. The molecule has 0 saturated heterocycles. The average Bonchev–Trinajstić information content (AvgIpc) is 2.61. The average molecular weight is 386 g/mol. The van der Waals surface area contributed by atoms with E-state index in [0.717, 1.165) is 19.3 Å². The summed E-state index contributed by atoms with van der Waals surface area (Å²) in [6, 6.07) is -1.55. The lowest BCUT2D eigenvalue weighted by atomic mass is 10.0. The molecule has 0 aliphatic rings. The molecule has 3 amide bonds. The fraction of sp³-hybridized carbons (Fsp3) is 0.850. The molecule has 27 heavy (non-hydrogen) atoms. The van der Waals surface area contributed by atoms with Crippen LogP contribution < -0.4 is 16.4 Å². The summed E-state index contributed by atoms with van der Waals surface area (Å²) in [5.41, 5.74) is 4.94. The van der Waals surface area contributed by atoms with Crippen molar-refractivity contribution >= 4 is 17.9 Å². The van der Waals surface area contributed by atoms with Gasteiger partial charge in [-0.15, -0.1) is 0 Å². The smallest absolute Gasteiger partial charge is 0.326 e. The van der Waals surface area contributed by atoms with Crippen LogP contribution in [0.1, 0.15) is 96.8 Å². The van der Waals surface area contributed by atoms with Gasteiger partial charge in [0.15, 0.2) is 0 Å². The molecular formula is C20H39N3O4. The number of carboxylic acid groups (broad SMARTS) is 1. The molecule has 5 N–H and O–H groups in total. The van der Waals surface area contributed by atoms with Gasteiger partial charge in [0, 0.05) is 13.0 Å². The van der Waals surface area contributed by atoms with Crippen LogP contribution in [0, 0.1) is 0 Å². The Labute approximate surface area is 163 Å². The second-order valence-corrected chi connectivity index (χ2v) is 7.18. The van der Waals surface area contributed by atoms with Crippen molar-refractivity contribution in [3.8, 4) is 0 Å². The van der Waals surface area contributed by atoms with E-state index in [4.69, 9.17) is 10.8 Å². The summed E-state index contributed by atoms with van der Waals surface area (Å²) in [5, 5.41) is 14.1. The lowest BCUT2D eigenvalue weighted by molar-refractivity contribution is -0.142. The number of unbranched alkanes of at least 4 members (excludes halogenated alkanes) is 10. The van der Waals surface area contributed by atoms with E-state index in [2.05, 4.69) is 17.6 Å². The number of carbonyl (C=O) groups excluding carboxylic acids is 2. The van der Waals surface area contributed by atoms with Gasteiger partial charge in [-0.1, -0.05) is 71.1 Å². The third-order valence-corrected chi connectivity index (χ3v) is 4.61. The van der Waals surface area contributed by atoms with Crippen LogP contribution in [-0.2, 0) is 9.59 Å². The van der Waals surface area contributed by atoms with Crippen molar-refractivity contribution in [2.24, 2.45) is 5.73 Å². The number of primary amides is 1. The van der Waals surface area contributed by atoms with Gasteiger partial charge in [-0.2, -0.15) is 0 Å². The van der Waals surface area contributed by atoms with Crippen molar-refractivity contribution in [3.63, 3.8) is 0 Å². The van der Waals surface area contributed by atoms with E-state index in [1.807, 2.05) is 0 Å². The van der Waals surface area contributed by atoms with Crippen molar-refractivity contribution in [1.29, 1.82) is 0 Å². The summed E-state index contributed by atoms with van der Waals surface area (Å²) >= 11 is 0. The van der Waals surface area contributed by atoms with Crippen LogP contribution in [0.15, 0.2) is 0 Å². The van der Waals surface area contributed by atoms with Gasteiger partial charge in [0.25, 0.3) is 0 Å². The van der Waals surface area contributed by atoms with Gasteiger partial charge in [0.2, 0.25) is 5.91 Å². The van der Waals surface area contributed by atoms with E-state index in [-0.39, 0.29) is 12.3 Å². The molecule has 1 atom stereocenters. The summed E-state index contributed by atoms with van der Waals surface area (Å²) < 4.78 is 0. The Kier molecular flexibility index (Phi) is 16.4. The molecule has 0 aliphatic carbocycles. The normalized spacial score (nSPS) is 11.7. The molecule has 7 heteroatoms. The molecule has 0 spiro atoms. The molecule has 0 aliphatic heterocycles. The molecule has 0 rings (SSSR count). The van der Waals surface area contributed by atoms with Crippen molar-refractivity contribution < 1.29 is 19.5 Å². The summed E-state index contributed by atoms with van der Waals surface area (Å²) in [5.74, 6) is -1.28. The lowest BCUT2D eigenvalue weighted by Gasteiger charge is -2.14. The molecule has 158 valence electrons. The minimum atomic E-state index is -1.05. The van der Waals surface area contributed by atoms with Crippen molar-refractivity contribution in [2.45, 2.75) is 103 Å². The highest BCUT2D eigenvalue weighted by atomic mass is 16.4. The zero-order valence-electron chi connectivity index (χ0n) is 16.9. The van der Waals surface area contributed by atoms with Crippen LogP contribution in [0.2, 0.25) is 0 Å². The number of hydrogen-bond donors (Lipinski definition) is 4. The molecule has 0 aromatic heterocycles. The van der Waals surface area contributed by atoms with Crippen molar-refractivity contribution in [1.82, 2.24) is 10.6 Å². The van der Waals surface area contributed by atoms with Gasteiger partial charge in [0.1, 0.15) is 6.04 Å². The van der Waals surface area contributed by atoms with Crippen molar-refractivity contribution in [3.05, 3.63) is 0 Å².